The smallest absolute Gasteiger partial charge is 0.125 e. The fourth-order valence-electron chi connectivity index (χ4n) is 2.79. The number of aryl methyl sites for hydroxylation is 2. The summed E-state index contributed by atoms with van der Waals surface area (Å²) in [7, 11) is 0. The van der Waals surface area contributed by atoms with E-state index in [0.717, 1.165) is 39.7 Å². The van der Waals surface area contributed by atoms with Gasteiger partial charge in [0.25, 0.3) is 0 Å². The maximum Gasteiger partial charge on any atom is 0.125 e. The molecule has 1 atom stereocenters. The topological polar surface area (TPSA) is 61.0 Å². The first-order valence-corrected chi connectivity index (χ1v) is 7.43. The summed E-state index contributed by atoms with van der Waals surface area (Å²) in [5.41, 5.74) is 11.4. The van der Waals surface area contributed by atoms with Gasteiger partial charge >= 0.3 is 0 Å². The largest absolute Gasteiger partial charge is 0.493 e. The Bertz CT molecular complexity index is 687. The number of halogens is 1. The molecule has 0 amide bonds. The van der Waals surface area contributed by atoms with Crippen LogP contribution in [-0.4, -0.2) is 16.8 Å². The van der Waals surface area contributed by atoms with Crippen LogP contribution in [-0.2, 0) is 12.8 Å². The number of hydrogen-bond donors (Lipinski definition) is 1. The second-order valence-electron chi connectivity index (χ2n) is 5.49. The summed E-state index contributed by atoms with van der Waals surface area (Å²) in [6.45, 7) is 4.57. The maximum absolute atomic E-state index is 6.37. The highest BCUT2D eigenvalue weighted by atomic mass is 35.5. The molecule has 0 fully saturated rings. The van der Waals surface area contributed by atoms with Gasteiger partial charge in [-0.3, -0.25) is 0 Å². The molecule has 110 valence electrons. The van der Waals surface area contributed by atoms with Gasteiger partial charge in [-0.25, -0.2) is 0 Å². The molecule has 0 saturated heterocycles. The van der Waals surface area contributed by atoms with Gasteiger partial charge in [-0.1, -0.05) is 11.6 Å². The Morgan fingerprint density at radius 1 is 1.29 bits per heavy atom. The average Bonchev–Trinajstić information content (AvgIpc) is 2.89. The van der Waals surface area contributed by atoms with Crippen LogP contribution in [0.15, 0.2) is 18.2 Å². The molecule has 0 bridgehead atoms. The minimum atomic E-state index is -0.147. The predicted molar refractivity (Wildman–Crippen MR) is 82.8 cm³/mol. The summed E-state index contributed by atoms with van der Waals surface area (Å²) in [6, 6.07) is 5.77. The second kappa shape index (κ2) is 5.62. The SMILES string of the molecule is Cc1cc(C(N)Cc2cc(Cl)cc3c2OCC3)c(C)nn1. The molecular formula is C16H18ClN3O. The van der Waals surface area contributed by atoms with Gasteiger partial charge in [0.2, 0.25) is 0 Å². The highest BCUT2D eigenvalue weighted by Crippen LogP contribution is 2.35. The zero-order valence-corrected chi connectivity index (χ0v) is 12.9. The van der Waals surface area contributed by atoms with Crippen LogP contribution in [0.1, 0.15) is 34.1 Å². The molecule has 2 heterocycles. The van der Waals surface area contributed by atoms with Gasteiger partial charge in [0.05, 0.1) is 18.0 Å². The second-order valence-corrected chi connectivity index (χ2v) is 5.93. The van der Waals surface area contributed by atoms with E-state index in [1.807, 2.05) is 32.0 Å². The Morgan fingerprint density at radius 2 is 2.10 bits per heavy atom. The number of nitrogens with zero attached hydrogens (tertiary/aromatic N) is 2. The van der Waals surface area contributed by atoms with E-state index in [2.05, 4.69) is 10.2 Å². The first kappa shape index (κ1) is 14.3. The summed E-state index contributed by atoms with van der Waals surface area (Å²) in [5.74, 6) is 0.950. The van der Waals surface area contributed by atoms with Gasteiger partial charge < -0.3 is 10.5 Å². The van der Waals surface area contributed by atoms with Crippen LogP contribution in [0.25, 0.3) is 0 Å². The van der Waals surface area contributed by atoms with Crippen LogP contribution < -0.4 is 10.5 Å². The van der Waals surface area contributed by atoms with Crippen molar-refractivity contribution in [2.75, 3.05) is 6.61 Å². The number of rotatable bonds is 3. The molecule has 3 rings (SSSR count). The number of ether oxygens (including phenoxy) is 1. The van der Waals surface area contributed by atoms with Crippen molar-refractivity contribution in [3.8, 4) is 5.75 Å². The van der Waals surface area contributed by atoms with E-state index in [9.17, 15) is 0 Å². The normalized spacial score (nSPS) is 14.7. The van der Waals surface area contributed by atoms with Crippen molar-refractivity contribution in [2.45, 2.75) is 32.7 Å². The quantitative estimate of drug-likeness (QED) is 0.947. The zero-order chi connectivity index (χ0) is 15.0. The van der Waals surface area contributed by atoms with E-state index < -0.39 is 0 Å². The Labute approximate surface area is 129 Å². The first-order valence-electron chi connectivity index (χ1n) is 7.05. The van der Waals surface area contributed by atoms with Crippen LogP contribution in [0, 0.1) is 13.8 Å². The lowest BCUT2D eigenvalue weighted by molar-refractivity contribution is 0.352. The van der Waals surface area contributed by atoms with Crippen molar-refractivity contribution in [3.05, 3.63) is 51.3 Å². The Kier molecular flexibility index (Phi) is 3.83. The summed E-state index contributed by atoms with van der Waals surface area (Å²) in [5, 5.41) is 8.93. The lowest BCUT2D eigenvalue weighted by Gasteiger charge is -2.16. The summed E-state index contributed by atoms with van der Waals surface area (Å²) >= 11 is 6.20. The fraction of sp³-hybridized carbons (Fsp3) is 0.375. The molecule has 1 unspecified atom stereocenters. The van der Waals surface area contributed by atoms with Crippen LogP contribution >= 0.6 is 11.6 Å². The van der Waals surface area contributed by atoms with E-state index in [1.165, 1.54) is 5.56 Å². The minimum Gasteiger partial charge on any atom is -0.493 e. The number of hydrogen-bond acceptors (Lipinski definition) is 4. The molecule has 4 nitrogen and oxygen atoms in total. The molecular weight excluding hydrogens is 286 g/mol. The molecule has 1 aliphatic rings. The Balaban J connectivity index is 1.92. The van der Waals surface area contributed by atoms with E-state index in [4.69, 9.17) is 22.1 Å². The Morgan fingerprint density at radius 3 is 2.90 bits per heavy atom. The fourth-order valence-corrected chi connectivity index (χ4v) is 3.05. The predicted octanol–water partition coefficient (Wildman–Crippen LogP) is 2.92. The van der Waals surface area contributed by atoms with Crippen LogP contribution in [0.2, 0.25) is 5.02 Å². The molecule has 1 aliphatic heterocycles. The molecule has 2 N–H and O–H groups in total. The number of fused-ring (bicyclic) bond motifs is 1. The summed E-state index contributed by atoms with van der Waals surface area (Å²) in [4.78, 5) is 0. The van der Waals surface area contributed by atoms with Gasteiger partial charge in [-0.15, -0.1) is 0 Å². The third-order valence-corrected chi connectivity index (χ3v) is 4.02. The van der Waals surface area contributed by atoms with Gasteiger partial charge in [0, 0.05) is 17.5 Å². The van der Waals surface area contributed by atoms with Gasteiger partial charge in [0.15, 0.2) is 0 Å². The highest BCUT2D eigenvalue weighted by molar-refractivity contribution is 6.30. The molecule has 1 aromatic heterocycles. The summed E-state index contributed by atoms with van der Waals surface area (Å²) < 4.78 is 5.73. The first-order chi connectivity index (χ1) is 10.0. The number of aromatic nitrogens is 2. The average molecular weight is 304 g/mol. The molecule has 0 spiro atoms. The Hall–Kier alpha value is -1.65. The lowest BCUT2D eigenvalue weighted by atomic mass is 9.96. The van der Waals surface area contributed by atoms with Crippen molar-refractivity contribution in [2.24, 2.45) is 5.73 Å². The van der Waals surface area contributed by atoms with Gasteiger partial charge in [-0.05, 0) is 55.2 Å². The maximum atomic E-state index is 6.37. The van der Waals surface area contributed by atoms with E-state index in [0.29, 0.717) is 13.0 Å². The molecule has 0 aliphatic carbocycles. The van der Waals surface area contributed by atoms with Crippen LogP contribution in [0.3, 0.4) is 0 Å². The van der Waals surface area contributed by atoms with Gasteiger partial charge in [-0.2, -0.15) is 10.2 Å². The molecule has 1 aromatic carbocycles. The molecule has 21 heavy (non-hydrogen) atoms. The van der Waals surface area contributed by atoms with E-state index in [1.54, 1.807) is 0 Å². The molecule has 0 saturated carbocycles. The van der Waals surface area contributed by atoms with E-state index >= 15 is 0 Å². The molecule has 5 heteroatoms. The van der Waals surface area contributed by atoms with Crippen molar-refractivity contribution in [3.63, 3.8) is 0 Å². The highest BCUT2D eigenvalue weighted by Gasteiger charge is 2.20. The van der Waals surface area contributed by atoms with Gasteiger partial charge in [0.1, 0.15) is 5.75 Å². The van der Waals surface area contributed by atoms with Crippen LogP contribution in [0.5, 0.6) is 5.75 Å². The zero-order valence-electron chi connectivity index (χ0n) is 12.2. The minimum absolute atomic E-state index is 0.147. The third-order valence-electron chi connectivity index (χ3n) is 3.80. The van der Waals surface area contributed by atoms with Crippen LogP contribution in [0.4, 0.5) is 0 Å². The number of nitrogens with two attached hydrogens (primary N) is 1. The molecule has 0 radical (unpaired) electrons. The van der Waals surface area contributed by atoms with Crippen molar-refractivity contribution in [1.82, 2.24) is 10.2 Å². The van der Waals surface area contributed by atoms with Crippen molar-refractivity contribution in [1.29, 1.82) is 0 Å². The number of benzene rings is 1. The van der Waals surface area contributed by atoms with Crippen molar-refractivity contribution < 1.29 is 4.74 Å². The van der Waals surface area contributed by atoms with Crippen molar-refractivity contribution >= 4 is 11.6 Å². The third kappa shape index (κ3) is 2.87. The molecule has 2 aromatic rings. The standard InChI is InChI=1S/C16H18ClN3O/c1-9-5-14(10(2)20-19-9)15(18)8-12-7-13(17)6-11-3-4-21-16(11)12/h5-7,15H,3-4,8,18H2,1-2H3. The summed E-state index contributed by atoms with van der Waals surface area (Å²) in [6.07, 6.45) is 1.59. The monoisotopic (exact) mass is 303 g/mol. The lowest BCUT2D eigenvalue weighted by Crippen LogP contribution is -2.16. The van der Waals surface area contributed by atoms with E-state index in [-0.39, 0.29) is 6.04 Å².